The third-order valence-corrected chi connectivity index (χ3v) is 3.51. The van der Waals surface area contributed by atoms with Crippen molar-refractivity contribution in [3.63, 3.8) is 0 Å². The number of benzene rings is 1. The third-order valence-electron chi connectivity index (χ3n) is 3.28. The second-order valence-corrected chi connectivity index (χ2v) is 5.23. The second-order valence-electron chi connectivity index (χ2n) is 4.80. The number of halogens is 1. The number of hydrogen-bond acceptors (Lipinski definition) is 3. The Bertz CT molecular complexity index is 527. The molecule has 108 valence electrons. The van der Waals surface area contributed by atoms with Gasteiger partial charge >= 0.3 is 0 Å². The maximum absolute atomic E-state index is 12.2. The van der Waals surface area contributed by atoms with Crippen LogP contribution in [0.5, 0.6) is 5.75 Å². The van der Waals surface area contributed by atoms with Crippen LogP contribution in [0.4, 0.5) is 0 Å². The van der Waals surface area contributed by atoms with Gasteiger partial charge in [0.05, 0.1) is 5.56 Å². The first-order valence-electron chi connectivity index (χ1n) is 6.54. The highest BCUT2D eigenvalue weighted by atomic mass is 35.5. The maximum atomic E-state index is 12.2. The van der Waals surface area contributed by atoms with E-state index in [1.54, 1.807) is 24.0 Å². The van der Waals surface area contributed by atoms with Crippen LogP contribution in [-0.2, 0) is 4.79 Å². The van der Waals surface area contributed by atoms with Gasteiger partial charge in [-0.2, -0.15) is 0 Å². The van der Waals surface area contributed by atoms with Gasteiger partial charge in [-0.25, -0.2) is 0 Å². The molecule has 6 heteroatoms. The minimum absolute atomic E-state index is 0.0760. The van der Waals surface area contributed by atoms with Crippen LogP contribution < -0.4 is 10.5 Å². The van der Waals surface area contributed by atoms with Crippen LogP contribution in [-0.4, -0.2) is 35.9 Å². The van der Waals surface area contributed by atoms with Crippen LogP contribution in [0.25, 0.3) is 0 Å². The maximum Gasteiger partial charge on any atom is 0.263 e. The van der Waals surface area contributed by atoms with Crippen LogP contribution in [0, 0.1) is 0 Å². The average molecular weight is 297 g/mol. The van der Waals surface area contributed by atoms with Crippen molar-refractivity contribution in [2.75, 3.05) is 13.1 Å². The van der Waals surface area contributed by atoms with Crippen molar-refractivity contribution in [3.8, 4) is 5.75 Å². The number of nitrogens with two attached hydrogens (primary N) is 1. The van der Waals surface area contributed by atoms with E-state index in [0.717, 1.165) is 25.9 Å². The van der Waals surface area contributed by atoms with E-state index in [2.05, 4.69) is 0 Å². The van der Waals surface area contributed by atoms with E-state index in [1.807, 2.05) is 0 Å². The Hall–Kier alpha value is -1.75. The number of nitrogens with zero attached hydrogens (tertiary/aromatic N) is 1. The Morgan fingerprint density at radius 1 is 1.35 bits per heavy atom. The van der Waals surface area contributed by atoms with Crippen LogP contribution in [0.15, 0.2) is 18.2 Å². The molecular weight excluding hydrogens is 280 g/mol. The summed E-state index contributed by atoms with van der Waals surface area (Å²) in [5.74, 6) is -0.432. The number of primary amides is 1. The van der Waals surface area contributed by atoms with Gasteiger partial charge in [0.25, 0.3) is 11.8 Å². The highest BCUT2D eigenvalue weighted by Gasteiger charge is 2.25. The van der Waals surface area contributed by atoms with E-state index in [-0.39, 0.29) is 17.2 Å². The van der Waals surface area contributed by atoms with Crippen molar-refractivity contribution < 1.29 is 14.3 Å². The minimum atomic E-state index is -0.660. The molecule has 1 aliphatic heterocycles. The summed E-state index contributed by atoms with van der Waals surface area (Å²) in [6.45, 7) is 3.19. The highest BCUT2D eigenvalue weighted by Crippen LogP contribution is 2.24. The quantitative estimate of drug-likeness (QED) is 0.921. The first-order chi connectivity index (χ1) is 9.49. The molecule has 0 saturated carbocycles. The molecular formula is C14H17ClN2O3. The largest absolute Gasteiger partial charge is 0.480 e. The lowest BCUT2D eigenvalue weighted by atomic mass is 10.2. The van der Waals surface area contributed by atoms with Crippen molar-refractivity contribution >= 4 is 23.4 Å². The van der Waals surface area contributed by atoms with Crippen LogP contribution >= 0.6 is 11.6 Å². The monoisotopic (exact) mass is 296 g/mol. The van der Waals surface area contributed by atoms with Gasteiger partial charge in [0.1, 0.15) is 5.75 Å². The summed E-state index contributed by atoms with van der Waals surface area (Å²) in [6.07, 6.45) is 1.38. The number of ether oxygens (including phenoxy) is 1. The first kappa shape index (κ1) is 14.7. The molecule has 0 unspecified atom stereocenters. The SMILES string of the molecule is C[C@@H](Oc1ccc(Cl)cc1C(N)=O)C(=O)N1CCCC1. The molecule has 2 N–H and O–H groups in total. The number of likely N-dealkylation sites (tertiary alicyclic amines) is 1. The van der Waals surface area contributed by atoms with E-state index in [9.17, 15) is 9.59 Å². The molecule has 0 bridgehead atoms. The van der Waals surface area contributed by atoms with Gasteiger partial charge in [-0.1, -0.05) is 11.6 Å². The molecule has 2 rings (SSSR count). The fourth-order valence-electron chi connectivity index (χ4n) is 2.23. The van der Waals surface area contributed by atoms with Crippen molar-refractivity contribution in [2.45, 2.75) is 25.9 Å². The standard InChI is InChI=1S/C14H17ClN2O3/c1-9(14(19)17-6-2-3-7-17)20-12-5-4-10(15)8-11(12)13(16)18/h4-5,8-9H,2-3,6-7H2,1H3,(H2,16,18)/t9-/m1/s1. The summed E-state index contributed by atoms with van der Waals surface area (Å²) in [7, 11) is 0. The molecule has 1 saturated heterocycles. The smallest absolute Gasteiger partial charge is 0.263 e. The van der Waals surface area contributed by atoms with Crippen molar-refractivity contribution in [2.24, 2.45) is 5.73 Å². The molecule has 1 aliphatic rings. The topological polar surface area (TPSA) is 72.6 Å². The van der Waals surface area contributed by atoms with Crippen molar-refractivity contribution in [1.29, 1.82) is 0 Å². The summed E-state index contributed by atoms with van der Waals surface area (Å²) in [6, 6.07) is 4.58. The van der Waals surface area contributed by atoms with Crippen molar-refractivity contribution in [3.05, 3.63) is 28.8 Å². The van der Waals surface area contributed by atoms with E-state index >= 15 is 0 Å². The number of carbonyl (C=O) groups is 2. The summed E-state index contributed by atoms with van der Waals surface area (Å²) in [4.78, 5) is 25.3. The van der Waals surface area contributed by atoms with Gasteiger partial charge in [-0.15, -0.1) is 0 Å². The predicted molar refractivity (Wildman–Crippen MR) is 75.9 cm³/mol. The number of carbonyl (C=O) groups excluding carboxylic acids is 2. The lowest BCUT2D eigenvalue weighted by molar-refractivity contribution is -0.136. The molecule has 0 aliphatic carbocycles. The van der Waals surface area contributed by atoms with Crippen LogP contribution in [0.3, 0.4) is 0 Å². The summed E-state index contributed by atoms with van der Waals surface area (Å²) in [5, 5.41) is 0.393. The molecule has 1 aromatic rings. The summed E-state index contributed by atoms with van der Waals surface area (Å²) in [5.41, 5.74) is 5.46. The van der Waals surface area contributed by atoms with Crippen LogP contribution in [0.2, 0.25) is 5.02 Å². The van der Waals surface area contributed by atoms with Gasteiger partial charge < -0.3 is 15.4 Å². The predicted octanol–water partition coefficient (Wildman–Crippen LogP) is 1.83. The number of rotatable bonds is 4. The Morgan fingerprint density at radius 3 is 2.60 bits per heavy atom. The molecule has 0 radical (unpaired) electrons. The second kappa shape index (κ2) is 6.13. The Kier molecular flexibility index (Phi) is 4.49. The van der Waals surface area contributed by atoms with Gasteiger partial charge in [0.2, 0.25) is 0 Å². The van der Waals surface area contributed by atoms with Gasteiger partial charge in [-0.05, 0) is 38.0 Å². The van der Waals surface area contributed by atoms with E-state index in [4.69, 9.17) is 22.1 Å². The molecule has 0 spiro atoms. The normalized spacial score (nSPS) is 16.0. The Balaban J connectivity index is 2.12. The van der Waals surface area contributed by atoms with Crippen LogP contribution in [0.1, 0.15) is 30.1 Å². The average Bonchev–Trinajstić information content (AvgIpc) is 2.93. The highest BCUT2D eigenvalue weighted by molar-refractivity contribution is 6.31. The Labute approximate surface area is 122 Å². The van der Waals surface area contributed by atoms with E-state index < -0.39 is 12.0 Å². The van der Waals surface area contributed by atoms with Gasteiger partial charge in [-0.3, -0.25) is 9.59 Å². The summed E-state index contributed by atoms with van der Waals surface area (Å²) >= 11 is 5.83. The third kappa shape index (κ3) is 3.22. The lowest BCUT2D eigenvalue weighted by Gasteiger charge is -2.22. The summed E-state index contributed by atoms with van der Waals surface area (Å²) < 4.78 is 5.59. The molecule has 1 heterocycles. The number of amides is 2. The number of hydrogen-bond donors (Lipinski definition) is 1. The van der Waals surface area contributed by atoms with Crippen molar-refractivity contribution in [1.82, 2.24) is 4.90 Å². The zero-order valence-electron chi connectivity index (χ0n) is 11.3. The molecule has 1 fully saturated rings. The minimum Gasteiger partial charge on any atom is -0.480 e. The molecule has 0 aromatic heterocycles. The van der Waals surface area contributed by atoms with E-state index in [1.165, 1.54) is 6.07 Å². The van der Waals surface area contributed by atoms with Gasteiger partial charge in [0.15, 0.2) is 6.10 Å². The molecule has 1 aromatic carbocycles. The molecule has 1 atom stereocenters. The van der Waals surface area contributed by atoms with E-state index in [0.29, 0.717) is 5.02 Å². The first-order valence-corrected chi connectivity index (χ1v) is 6.91. The van der Waals surface area contributed by atoms with Gasteiger partial charge in [0, 0.05) is 18.1 Å². The zero-order valence-corrected chi connectivity index (χ0v) is 12.0. The Morgan fingerprint density at radius 2 is 2.00 bits per heavy atom. The molecule has 2 amide bonds. The lowest BCUT2D eigenvalue weighted by Crippen LogP contribution is -2.38. The zero-order chi connectivity index (χ0) is 14.7. The molecule has 20 heavy (non-hydrogen) atoms. The fraction of sp³-hybridized carbons (Fsp3) is 0.429. The molecule has 5 nitrogen and oxygen atoms in total. The fourth-order valence-corrected chi connectivity index (χ4v) is 2.41.